The first-order valence-electron chi connectivity index (χ1n) is 5.93. The van der Waals surface area contributed by atoms with Gasteiger partial charge in [0.05, 0.1) is 16.1 Å². The largest absolute Gasteiger partial charge is 0.478 e. The Morgan fingerprint density at radius 1 is 1.19 bits per heavy atom. The van der Waals surface area contributed by atoms with Crippen LogP contribution in [-0.2, 0) is 4.79 Å². The van der Waals surface area contributed by atoms with Crippen molar-refractivity contribution in [2.24, 2.45) is 0 Å². The molecule has 1 N–H and O–H groups in total. The Morgan fingerprint density at radius 2 is 1.90 bits per heavy atom. The number of carbonyl (C=O) groups is 1. The van der Waals surface area contributed by atoms with Crippen LogP contribution in [0.2, 0.25) is 0 Å². The normalized spacial score (nSPS) is 11.2. The molecule has 2 rings (SSSR count). The molecule has 0 bridgehead atoms. The monoisotopic (exact) mass is 287 g/mol. The van der Waals surface area contributed by atoms with Crippen LogP contribution in [0.3, 0.4) is 0 Å². The summed E-state index contributed by atoms with van der Waals surface area (Å²) in [5.74, 6) is -1.87. The maximum Gasteiger partial charge on any atom is 0.336 e. The van der Waals surface area contributed by atoms with Gasteiger partial charge >= 0.3 is 5.97 Å². The fourth-order valence-electron chi connectivity index (χ4n) is 1.86. The summed E-state index contributed by atoms with van der Waals surface area (Å²) in [6.45, 7) is 0. The molecule has 0 atom stereocenters. The van der Waals surface area contributed by atoms with Crippen molar-refractivity contribution < 1.29 is 19.2 Å². The van der Waals surface area contributed by atoms with Gasteiger partial charge in [-0.15, -0.1) is 0 Å². The molecule has 0 aliphatic heterocycles. The lowest BCUT2D eigenvalue weighted by Gasteiger charge is -2.04. The van der Waals surface area contributed by atoms with Gasteiger partial charge in [-0.05, 0) is 29.8 Å². The van der Waals surface area contributed by atoms with Crippen LogP contribution in [0.4, 0.5) is 10.1 Å². The molecular formula is C15H10FNO4. The second-order valence-corrected chi connectivity index (χ2v) is 4.19. The number of carboxylic acids is 1. The van der Waals surface area contributed by atoms with E-state index >= 15 is 0 Å². The van der Waals surface area contributed by atoms with E-state index in [-0.39, 0.29) is 22.4 Å². The predicted molar refractivity (Wildman–Crippen MR) is 75.0 cm³/mol. The Kier molecular flexibility index (Phi) is 4.08. The van der Waals surface area contributed by atoms with E-state index in [1.54, 1.807) is 6.07 Å². The number of benzene rings is 2. The van der Waals surface area contributed by atoms with Crippen LogP contribution in [0.5, 0.6) is 0 Å². The number of aliphatic carboxylic acids is 1. The van der Waals surface area contributed by atoms with Crippen LogP contribution in [0.1, 0.15) is 11.1 Å². The van der Waals surface area contributed by atoms with Gasteiger partial charge in [-0.25, -0.2) is 9.18 Å². The second kappa shape index (κ2) is 5.96. The number of hydrogen-bond donors (Lipinski definition) is 1. The second-order valence-electron chi connectivity index (χ2n) is 4.19. The molecule has 0 radical (unpaired) electrons. The molecule has 21 heavy (non-hydrogen) atoms. The van der Waals surface area contributed by atoms with E-state index < -0.39 is 16.7 Å². The first-order valence-corrected chi connectivity index (χ1v) is 5.93. The molecule has 0 aromatic heterocycles. The van der Waals surface area contributed by atoms with Crippen LogP contribution < -0.4 is 0 Å². The van der Waals surface area contributed by atoms with Crippen LogP contribution in [0.25, 0.3) is 11.6 Å². The predicted octanol–water partition coefficient (Wildman–Crippen LogP) is 3.36. The molecule has 0 aliphatic carbocycles. The van der Waals surface area contributed by atoms with E-state index in [9.17, 15) is 24.4 Å². The highest BCUT2D eigenvalue weighted by molar-refractivity contribution is 6.20. The lowest BCUT2D eigenvalue weighted by Crippen LogP contribution is -2.01. The first kappa shape index (κ1) is 14.4. The first-order chi connectivity index (χ1) is 9.99. The molecule has 0 saturated heterocycles. The van der Waals surface area contributed by atoms with E-state index in [1.807, 2.05) is 0 Å². The third kappa shape index (κ3) is 3.30. The molecule has 2 aromatic rings. The molecule has 0 aliphatic rings. The van der Waals surface area contributed by atoms with Gasteiger partial charge in [0.2, 0.25) is 0 Å². The van der Waals surface area contributed by atoms with Crippen LogP contribution >= 0.6 is 0 Å². The van der Waals surface area contributed by atoms with E-state index in [0.29, 0.717) is 0 Å². The van der Waals surface area contributed by atoms with Crippen molar-refractivity contribution >= 4 is 23.3 Å². The van der Waals surface area contributed by atoms with Gasteiger partial charge in [-0.1, -0.05) is 24.3 Å². The van der Waals surface area contributed by atoms with Crippen molar-refractivity contribution in [3.05, 3.63) is 75.6 Å². The van der Waals surface area contributed by atoms with Crippen LogP contribution in [0, 0.1) is 15.9 Å². The summed E-state index contributed by atoms with van der Waals surface area (Å²) in [4.78, 5) is 21.7. The number of halogens is 1. The van der Waals surface area contributed by atoms with E-state index in [1.165, 1.54) is 36.4 Å². The minimum atomic E-state index is -1.29. The molecule has 2 aromatic carbocycles. The van der Waals surface area contributed by atoms with Gasteiger partial charge in [0.1, 0.15) is 5.82 Å². The zero-order valence-electron chi connectivity index (χ0n) is 10.7. The summed E-state index contributed by atoms with van der Waals surface area (Å²) in [6, 6.07) is 10.8. The molecule has 0 fully saturated rings. The quantitative estimate of drug-likeness (QED) is 0.404. The fourth-order valence-corrected chi connectivity index (χ4v) is 1.86. The van der Waals surface area contributed by atoms with Crippen molar-refractivity contribution in [2.75, 3.05) is 0 Å². The Hall–Kier alpha value is -3.02. The van der Waals surface area contributed by atoms with Gasteiger partial charge in [-0.2, -0.15) is 0 Å². The van der Waals surface area contributed by atoms with Crippen molar-refractivity contribution in [3.8, 4) is 0 Å². The highest BCUT2D eigenvalue weighted by Crippen LogP contribution is 2.25. The zero-order valence-corrected chi connectivity index (χ0v) is 10.7. The Morgan fingerprint density at radius 3 is 2.52 bits per heavy atom. The van der Waals surface area contributed by atoms with E-state index in [0.717, 1.165) is 12.1 Å². The minimum absolute atomic E-state index is 0.139. The van der Waals surface area contributed by atoms with Gasteiger partial charge in [-0.3, -0.25) is 10.1 Å². The number of nitro benzene ring substituents is 1. The lowest BCUT2D eigenvalue weighted by atomic mass is 10.0. The summed E-state index contributed by atoms with van der Waals surface area (Å²) in [5, 5.41) is 20.2. The van der Waals surface area contributed by atoms with Crippen molar-refractivity contribution in [1.82, 2.24) is 0 Å². The van der Waals surface area contributed by atoms with E-state index in [2.05, 4.69) is 0 Å². The number of nitro groups is 1. The molecule has 6 heteroatoms. The third-order valence-electron chi connectivity index (χ3n) is 2.80. The standard InChI is InChI=1S/C15H10FNO4/c16-12-6-3-5-10(8-12)13(15(18)19)9-11-4-1-2-7-14(11)17(20)21/h1-9H,(H,18,19)/b13-9+. The molecule has 0 heterocycles. The Bertz CT molecular complexity index is 740. The van der Waals surface area contributed by atoms with Gasteiger partial charge in [0.15, 0.2) is 0 Å². The maximum absolute atomic E-state index is 13.2. The molecular weight excluding hydrogens is 277 g/mol. The summed E-state index contributed by atoms with van der Waals surface area (Å²) < 4.78 is 13.2. The van der Waals surface area contributed by atoms with E-state index in [4.69, 9.17) is 0 Å². The number of hydrogen-bond acceptors (Lipinski definition) is 3. The van der Waals surface area contributed by atoms with Gasteiger partial charge in [0, 0.05) is 6.07 Å². The number of carboxylic acid groups (broad SMARTS) is 1. The minimum Gasteiger partial charge on any atom is -0.478 e. The molecule has 0 spiro atoms. The average molecular weight is 287 g/mol. The summed E-state index contributed by atoms with van der Waals surface area (Å²) in [7, 11) is 0. The molecule has 0 saturated carbocycles. The van der Waals surface area contributed by atoms with Gasteiger partial charge in [0.25, 0.3) is 5.69 Å². The fraction of sp³-hybridized carbons (Fsp3) is 0. The average Bonchev–Trinajstić information content (AvgIpc) is 2.44. The Balaban J connectivity index is 2.59. The number of nitrogens with zero attached hydrogens (tertiary/aromatic N) is 1. The maximum atomic E-state index is 13.2. The van der Waals surface area contributed by atoms with Crippen LogP contribution in [-0.4, -0.2) is 16.0 Å². The zero-order chi connectivity index (χ0) is 15.4. The molecule has 0 amide bonds. The van der Waals surface area contributed by atoms with Crippen LogP contribution in [0.15, 0.2) is 48.5 Å². The van der Waals surface area contributed by atoms with Crippen molar-refractivity contribution in [2.45, 2.75) is 0 Å². The SMILES string of the molecule is O=C(O)/C(=C/c1ccccc1[N+](=O)[O-])c1cccc(F)c1. The lowest BCUT2D eigenvalue weighted by molar-refractivity contribution is -0.385. The number of para-hydroxylation sites is 1. The smallest absolute Gasteiger partial charge is 0.336 e. The number of rotatable bonds is 4. The highest BCUT2D eigenvalue weighted by atomic mass is 19.1. The molecule has 5 nitrogen and oxygen atoms in total. The Labute approximate surface area is 119 Å². The topological polar surface area (TPSA) is 80.4 Å². The van der Waals surface area contributed by atoms with Crippen molar-refractivity contribution in [3.63, 3.8) is 0 Å². The summed E-state index contributed by atoms with van der Waals surface area (Å²) >= 11 is 0. The highest BCUT2D eigenvalue weighted by Gasteiger charge is 2.16. The van der Waals surface area contributed by atoms with Gasteiger partial charge < -0.3 is 5.11 Å². The summed E-state index contributed by atoms with van der Waals surface area (Å²) in [5.41, 5.74) is -0.152. The molecule has 0 unspecified atom stereocenters. The molecule has 106 valence electrons. The summed E-state index contributed by atoms with van der Waals surface area (Å²) in [6.07, 6.45) is 1.16. The van der Waals surface area contributed by atoms with Crippen molar-refractivity contribution in [1.29, 1.82) is 0 Å². The third-order valence-corrected chi connectivity index (χ3v) is 2.80.